The lowest BCUT2D eigenvalue weighted by atomic mass is 10.1. The summed E-state index contributed by atoms with van der Waals surface area (Å²) in [4.78, 5) is 25.2. The van der Waals surface area contributed by atoms with Gasteiger partial charge in [-0.25, -0.2) is 4.68 Å². The molecule has 0 fully saturated rings. The van der Waals surface area contributed by atoms with E-state index in [0.717, 1.165) is 11.1 Å². The maximum Gasteiger partial charge on any atom is 0.267 e. The summed E-state index contributed by atoms with van der Waals surface area (Å²) in [5.41, 5.74) is 2.70. The number of nitrogens with zero attached hydrogens (tertiary/aromatic N) is 2. The Morgan fingerprint density at radius 3 is 2.41 bits per heavy atom. The number of carbonyl (C=O) groups is 1. The van der Waals surface area contributed by atoms with Gasteiger partial charge >= 0.3 is 0 Å². The summed E-state index contributed by atoms with van der Waals surface area (Å²) in [5, 5.41) is 7.18. The van der Waals surface area contributed by atoms with E-state index in [1.54, 1.807) is 31.2 Å². The van der Waals surface area contributed by atoms with Gasteiger partial charge in [0.2, 0.25) is 5.91 Å². The van der Waals surface area contributed by atoms with Crippen LogP contribution in [0, 0.1) is 6.92 Å². The first-order valence-electron chi connectivity index (χ1n) is 9.12. The van der Waals surface area contributed by atoms with Gasteiger partial charge in [0.15, 0.2) is 0 Å². The molecule has 0 saturated carbocycles. The third-order valence-electron chi connectivity index (χ3n) is 4.58. The molecule has 1 amide bonds. The van der Waals surface area contributed by atoms with Crippen molar-refractivity contribution in [3.05, 3.63) is 70.5 Å². The standard InChI is InChI=1S/C22H23N3O4/c1-14-5-7-16(8-6-14)18-10-12-21(26)25(24-18)15(2)22(27)23-19-13-17(28-3)9-11-20(19)29-4/h5-13,15H,1-4H3,(H,23,27)/t15-/m1/s1. The Bertz CT molecular complexity index is 1070. The van der Waals surface area contributed by atoms with E-state index in [4.69, 9.17) is 9.47 Å². The van der Waals surface area contributed by atoms with Gasteiger partial charge in [-0.05, 0) is 32.0 Å². The van der Waals surface area contributed by atoms with Crippen LogP contribution in [0.3, 0.4) is 0 Å². The summed E-state index contributed by atoms with van der Waals surface area (Å²) in [5.74, 6) is 0.665. The Morgan fingerprint density at radius 2 is 1.76 bits per heavy atom. The van der Waals surface area contributed by atoms with E-state index in [0.29, 0.717) is 22.9 Å². The van der Waals surface area contributed by atoms with Crippen LogP contribution in [0.25, 0.3) is 11.3 Å². The van der Waals surface area contributed by atoms with Crippen molar-refractivity contribution in [1.29, 1.82) is 0 Å². The number of anilines is 1. The van der Waals surface area contributed by atoms with Gasteiger partial charge in [0.1, 0.15) is 17.5 Å². The van der Waals surface area contributed by atoms with Crippen molar-refractivity contribution in [2.45, 2.75) is 19.9 Å². The molecule has 1 N–H and O–H groups in total. The van der Waals surface area contributed by atoms with Crippen molar-refractivity contribution in [2.24, 2.45) is 0 Å². The van der Waals surface area contributed by atoms with Crippen molar-refractivity contribution < 1.29 is 14.3 Å². The summed E-state index contributed by atoms with van der Waals surface area (Å²) in [6.07, 6.45) is 0. The first-order valence-corrected chi connectivity index (χ1v) is 9.12. The molecule has 0 bridgehead atoms. The lowest BCUT2D eigenvalue weighted by Gasteiger charge is -2.17. The molecule has 7 heteroatoms. The van der Waals surface area contributed by atoms with Crippen LogP contribution in [0.5, 0.6) is 11.5 Å². The second kappa shape index (κ2) is 8.60. The Morgan fingerprint density at radius 1 is 1.03 bits per heavy atom. The van der Waals surface area contributed by atoms with E-state index in [1.165, 1.54) is 25.0 Å². The van der Waals surface area contributed by atoms with Crippen LogP contribution in [-0.2, 0) is 4.79 Å². The zero-order valence-electron chi connectivity index (χ0n) is 16.8. The van der Waals surface area contributed by atoms with E-state index in [-0.39, 0.29) is 5.56 Å². The molecule has 1 heterocycles. The fourth-order valence-corrected chi connectivity index (χ4v) is 2.84. The number of rotatable bonds is 6. The average Bonchev–Trinajstić information content (AvgIpc) is 2.74. The number of aryl methyl sites for hydroxylation is 1. The molecule has 0 radical (unpaired) electrons. The number of nitrogens with one attached hydrogen (secondary N) is 1. The third kappa shape index (κ3) is 4.45. The molecule has 29 heavy (non-hydrogen) atoms. The van der Waals surface area contributed by atoms with Gasteiger partial charge in [-0.2, -0.15) is 5.10 Å². The minimum absolute atomic E-state index is 0.360. The second-order valence-corrected chi connectivity index (χ2v) is 6.60. The van der Waals surface area contributed by atoms with Gasteiger partial charge in [-0.15, -0.1) is 0 Å². The Kier molecular flexibility index (Phi) is 5.97. The molecular formula is C22H23N3O4. The highest BCUT2D eigenvalue weighted by Crippen LogP contribution is 2.29. The summed E-state index contributed by atoms with van der Waals surface area (Å²) >= 11 is 0. The van der Waals surface area contributed by atoms with Gasteiger partial charge in [0, 0.05) is 17.7 Å². The van der Waals surface area contributed by atoms with Gasteiger partial charge < -0.3 is 14.8 Å². The van der Waals surface area contributed by atoms with E-state index >= 15 is 0 Å². The fraction of sp³-hybridized carbons (Fsp3) is 0.227. The van der Waals surface area contributed by atoms with E-state index in [2.05, 4.69) is 10.4 Å². The highest BCUT2D eigenvalue weighted by atomic mass is 16.5. The number of methoxy groups -OCH3 is 2. The third-order valence-corrected chi connectivity index (χ3v) is 4.58. The number of hydrogen-bond donors (Lipinski definition) is 1. The molecule has 0 aliphatic heterocycles. The summed E-state index contributed by atoms with van der Waals surface area (Å²) in [6.45, 7) is 3.62. The average molecular weight is 393 g/mol. The maximum absolute atomic E-state index is 12.8. The number of ether oxygens (including phenoxy) is 2. The van der Waals surface area contributed by atoms with Crippen molar-refractivity contribution >= 4 is 11.6 Å². The van der Waals surface area contributed by atoms with Crippen LogP contribution >= 0.6 is 0 Å². The number of aromatic nitrogens is 2. The topological polar surface area (TPSA) is 82.4 Å². The van der Waals surface area contributed by atoms with Crippen LogP contribution in [0.1, 0.15) is 18.5 Å². The molecule has 0 unspecified atom stereocenters. The van der Waals surface area contributed by atoms with Gasteiger partial charge in [0.25, 0.3) is 5.56 Å². The molecule has 7 nitrogen and oxygen atoms in total. The molecule has 0 aliphatic carbocycles. The maximum atomic E-state index is 12.8. The predicted molar refractivity (Wildman–Crippen MR) is 112 cm³/mol. The Hall–Kier alpha value is -3.61. The second-order valence-electron chi connectivity index (χ2n) is 6.60. The molecule has 0 saturated heterocycles. The summed E-state index contributed by atoms with van der Waals surface area (Å²) in [6, 6.07) is 15.1. The summed E-state index contributed by atoms with van der Waals surface area (Å²) < 4.78 is 11.7. The van der Waals surface area contributed by atoms with E-state index < -0.39 is 11.9 Å². The SMILES string of the molecule is COc1ccc(OC)c(NC(=O)[C@@H](C)n2nc(-c3ccc(C)cc3)ccc2=O)c1. The lowest BCUT2D eigenvalue weighted by molar-refractivity contribution is -0.119. The largest absolute Gasteiger partial charge is 0.497 e. The molecule has 3 aromatic rings. The molecule has 0 spiro atoms. The number of amides is 1. The Balaban J connectivity index is 1.89. The Labute approximate surface area is 168 Å². The fourth-order valence-electron chi connectivity index (χ4n) is 2.84. The summed E-state index contributed by atoms with van der Waals surface area (Å²) in [7, 11) is 3.05. The first-order chi connectivity index (χ1) is 13.9. The van der Waals surface area contributed by atoms with Gasteiger partial charge in [0.05, 0.1) is 25.6 Å². The van der Waals surface area contributed by atoms with Crippen LogP contribution < -0.4 is 20.3 Å². The smallest absolute Gasteiger partial charge is 0.267 e. The number of carbonyl (C=O) groups excluding carboxylic acids is 1. The van der Waals surface area contributed by atoms with Crippen LogP contribution in [-0.4, -0.2) is 29.9 Å². The first kappa shape index (κ1) is 20.1. The van der Waals surface area contributed by atoms with Gasteiger partial charge in [-0.1, -0.05) is 29.8 Å². The number of hydrogen-bond acceptors (Lipinski definition) is 5. The van der Waals surface area contributed by atoms with Crippen LogP contribution in [0.4, 0.5) is 5.69 Å². The number of benzene rings is 2. The van der Waals surface area contributed by atoms with Crippen molar-refractivity contribution in [3.8, 4) is 22.8 Å². The zero-order chi connectivity index (χ0) is 21.0. The van der Waals surface area contributed by atoms with Crippen LogP contribution in [0.2, 0.25) is 0 Å². The zero-order valence-corrected chi connectivity index (χ0v) is 16.8. The van der Waals surface area contributed by atoms with E-state index in [1.807, 2.05) is 31.2 Å². The molecule has 1 atom stereocenters. The molecule has 1 aromatic heterocycles. The quantitative estimate of drug-likeness (QED) is 0.694. The molecule has 0 aliphatic rings. The highest BCUT2D eigenvalue weighted by Gasteiger charge is 2.20. The minimum Gasteiger partial charge on any atom is -0.497 e. The van der Waals surface area contributed by atoms with Crippen molar-refractivity contribution in [3.63, 3.8) is 0 Å². The lowest BCUT2D eigenvalue weighted by Crippen LogP contribution is -2.33. The van der Waals surface area contributed by atoms with E-state index in [9.17, 15) is 9.59 Å². The van der Waals surface area contributed by atoms with Crippen molar-refractivity contribution in [2.75, 3.05) is 19.5 Å². The molecular weight excluding hydrogens is 370 g/mol. The molecule has 150 valence electrons. The monoisotopic (exact) mass is 393 g/mol. The van der Waals surface area contributed by atoms with Gasteiger partial charge in [-0.3, -0.25) is 9.59 Å². The molecule has 3 rings (SSSR count). The highest BCUT2D eigenvalue weighted by molar-refractivity contribution is 5.95. The predicted octanol–water partition coefficient (Wildman–Crippen LogP) is 3.44. The molecule has 2 aromatic carbocycles. The van der Waals surface area contributed by atoms with Crippen LogP contribution in [0.15, 0.2) is 59.4 Å². The minimum atomic E-state index is -0.830. The van der Waals surface area contributed by atoms with Crippen molar-refractivity contribution in [1.82, 2.24) is 9.78 Å². The normalized spacial score (nSPS) is 11.6.